The Morgan fingerprint density at radius 3 is 2.89 bits per heavy atom. The van der Waals surface area contributed by atoms with Crippen molar-refractivity contribution in [2.45, 2.75) is 19.8 Å². The molecule has 94 valence electrons. The van der Waals surface area contributed by atoms with Crippen molar-refractivity contribution in [2.24, 2.45) is 0 Å². The molecule has 1 N–H and O–H groups in total. The van der Waals surface area contributed by atoms with Gasteiger partial charge in [-0.25, -0.2) is 4.98 Å². The number of aryl methyl sites for hydroxylation is 2. The van der Waals surface area contributed by atoms with E-state index >= 15 is 0 Å². The topological polar surface area (TPSA) is 55.0 Å². The molecule has 0 spiro atoms. The standard InChI is InChI=1S/C14H16N2O2/c1-10-5-3-4-6-11(10)12-9-15-13(16-12)7-8-14(17)18-2/h3-6,9H,7-8H2,1-2H3,(H,15,16). The van der Waals surface area contributed by atoms with Crippen LogP contribution >= 0.6 is 0 Å². The third kappa shape index (κ3) is 2.77. The SMILES string of the molecule is COC(=O)CCc1ncc(-c2ccccc2C)[nH]1. The Morgan fingerprint density at radius 1 is 1.39 bits per heavy atom. The summed E-state index contributed by atoms with van der Waals surface area (Å²) < 4.78 is 4.60. The molecule has 1 heterocycles. The van der Waals surface area contributed by atoms with Crippen LogP contribution in [-0.2, 0) is 16.0 Å². The number of H-pyrrole nitrogens is 1. The molecule has 0 aliphatic carbocycles. The van der Waals surface area contributed by atoms with E-state index in [0.29, 0.717) is 12.8 Å². The maximum atomic E-state index is 11.1. The zero-order valence-corrected chi connectivity index (χ0v) is 10.6. The number of nitrogens with zero attached hydrogens (tertiary/aromatic N) is 1. The first-order valence-corrected chi connectivity index (χ1v) is 5.87. The number of benzene rings is 1. The van der Waals surface area contributed by atoms with Gasteiger partial charge in [-0.1, -0.05) is 24.3 Å². The van der Waals surface area contributed by atoms with Crippen LogP contribution in [0.5, 0.6) is 0 Å². The Hall–Kier alpha value is -2.10. The van der Waals surface area contributed by atoms with Gasteiger partial charge >= 0.3 is 5.97 Å². The molecule has 1 aromatic carbocycles. The highest BCUT2D eigenvalue weighted by atomic mass is 16.5. The summed E-state index contributed by atoms with van der Waals surface area (Å²) in [7, 11) is 1.39. The van der Waals surface area contributed by atoms with Gasteiger partial charge in [0.15, 0.2) is 0 Å². The number of hydrogen-bond acceptors (Lipinski definition) is 3. The van der Waals surface area contributed by atoms with Crippen LogP contribution in [0, 0.1) is 6.92 Å². The molecule has 18 heavy (non-hydrogen) atoms. The first kappa shape index (κ1) is 12.4. The van der Waals surface area contributed by atoms with E-state index < -0.39 is 0 Å². The Kier molecular flexibility index (Phi) is 3.77. The summed E-state index contributed by atoms with van der Waals surface area (Å²) in [6.45, 7) is 2.06. The van der Waals surface area contributed by atoms with Gasteiger partial charge in [-0.15, -0.1) is 0 Å². The highest BCUT2D eigenvalue weighted by molar-refractivity contribution is 5.69. The van der Waals surface area contributed by atoms with Crippen LogP contribution in [0.4, 0.5) is 0 Å². The van der Waals surface area contributed by atoms with Crippen molar-refractivity contribution in [2.75, 3.05) is 7.11 Å². The third-order valence-electron chi connectivity index (χ3n) is 2.86. The fourth-order valence-corrected chi connectivity index (χ4v) is 1.82. The average molecular weight is 244 g/mol. The van der Waals surface area contributed by atoms with Crippen LogP contribution in [-0.4, -0.2) is 23.0 Å². The van der Waals surface area contributed by atoms with Gasteiger partial charge in [0.2, 0.25) is 0 Å². The predicted molar refractivity (Wildman–Crippen MR) is 69.1 cm³/mol. The number of hydrogen-bond donors (Lipinski definition) is 1. The molecule has 4 heteroatoms. The Morgan fingerprint density at radius 2 is 2.17 bits per heavy atom. The van der Waals surface area contributed by atoms with Crippen molar-refractivity contribution < 1.29 is 9.53 Å². The fourth-order valence-electron chi connectivity index (χ4n) is 1.82. The maximum Gasteiger partial charge on any atom is 0.305 e. The number of carbonyl (C=O) groups is 1. The molecule has 2 aromatic rings. The summed E-state index contributed by atoms with van der Waals surface area (Å²) in [5, 5.41) is 0. The lowest BCUT2D eigenvalue weighted by Crippen LogP contribution is -2.02. The van der Waals surface area contributed by atoms with Gasteiger partial charge in [-0.3, -0.25) is 4.79 Å². The zero-order valence-electron chi connectivity index (χ0n) is 10.6. The fraction of sp³-hybridized carbons (Fsp3) is 0.286. The number of imidazole rings is 1. The summed E-state index contributed by atoms with van der Waals surface area (Å²) in [5.41, 5.74) is 3.31. The highest BCUT2D eigenvalue weighted by Gasteiger charge is 2.07. The molecule has 0 atom stereocenters. The molecule has 4 nitrogen and oxygen atoms in total. The number of rotatable bonds is 4. The van der Waals surface area contributed by atoms with E-state index in [0.717, 1.165) is 17.1 Å². The van der Waals surface area contributed by atoms with Gasteiger partial charge in [0.1, 0.15) is 5.82 Å². The number of esters is 1. The molecule has 2 rings (SSSR count). The Balaban J connectivity index is 2.11. The molecule has 0 aliphatic rings. The normalized spacial score (nSPS) is 10.3. The van der Waals surface area contributed by atoms with Crippen LogP contribution in [0.15, 0.2) is 30.5 Å². The highest BCUT2D eigenvalue weighted by Crippen LogP contribution is 2.21. The van der Waals surface area contributed by atoms with E-state index in [1.807, 2.05) is 18.2 Å². The summed E-state index contributed by atoms with van der Waals surface area (Å²) in [6.07, 6.45) is 2.71. The van der Waals surface area contributed by atoms with Crippen molar-refractivity contribution in [1.82, 2.24) is 9.97 Å². The average Bonchev–Trinajstić information content (AvgIpc) is 2.85. The third-order valence-corrected chi connectivity index (χ3v) is 2.86. The number of aromatic nitrogens is 2. The lowest BCUT2D eigenvalue weighted by molar-refractivity contribution is -0.140. The van der Waals surface area contributed by atoms with Crippen molar-refractivity contribution in [3.05, 3.63) is 41.9 Å². The van der Waals surface area contributed by atoms with Crippen LogP contribution in [0.3, 0.4) is 0 Å². The molecule has 0 saturated carbocycles. The van der Waals surface area contributed by atoms with Gasteiger partial charge in [0, 0.05) is 12.0 Å². The molecule has 0 saturated heterocycles. The number of ether oxygens (including phenoxy) is 1. The predicted octanol–water partition coefficient (Wildman–Crippen LogP) is 2.49. The Labute approximate surface area is 106 Å². The first-order valence-electron chi connectivity index (χ1n) is 5.87. The molecular formula is C14H16N2O2. The number of carbonyl (C=O) groups excluding carboxylic acids is 1. The lowest BCUT2D eigenvalue weighted by Gasteiger charge is -2.01. The van der Waals surface area contributed by atoms with Crippen LogP contribution < -0.4 is 0 Å². The van der Waals surface area contributed by atoms with Crippen LogP contribution in [0.1, 0.15) is 17.8 Å². The van der Waals surface area contributed by atoms with Gasteiger partial charge < -0.3 is 9.72 Å². The van der Waals surface area contributed by atoms with Crippen molar-refractivity contribution >= 4 is 5.97 Å². The van der Waals surface area contributed by atoms with Crippen molar-refractivity contribution in [1.29, 1.82) is 0 Å². The van der Waals surface area contributed by atoms with E-state index in [-0.39, 0.29) is 5.97 Å². The monoisotopic (exact) mass is 244 g/mol. The maximum absolute atomic E-state index is 11.1. The van der Waals surface area contributed by atoms with Crippen molar-refractivity contribution in [3.63, 3.8) is 0 Å². The molecule has 0 fully saturated rings. The van der Waals surface area contributed by atoms with Gasteiger partial charge in [-0.05, 0) is 12.5 Å². The molecule has 0 aliphatic heterocycles. The number of aromatic amines is 1. The molecular weight excluding hydrogens is 228 g/mol. The zero-order chi connectivity index (χ0) is 13.0. The first-order chi connectivity index (χ1) is 8.70. The summed E-state index contributed by atoms with van der Waals surface area (Å²) in [4.78, 5) is 18.6. The van der Waals surface area contributed by atoms with Gasteiger partial charge in [0.05, 0.1) is 25.4 Å². The summed E-state index contributed by atoms with van der Waals surface area (Å²) in [6, 6.07) is 8.11. The van der Waals surface area contributed by atoms with E-state index in [1.54, 1.807) is 6.20 Å². The van der Waals surface area contributed by atoms with Gasteiger partial charge in [0.25, 0.3) is 0 Å². The minimum absolute atomic E-state index is 0.219. The second-order valence-corrected chi connectivity index (χ2v) is 4.13. The van der Waals surface area contributed by atoms with E-state index in [2.05, 4.69) is 27.7 Å². The number of methoxy groups -OCH3 is 1. The number of nitrogens with one attached hydrogen (secondary N) is 1. The van der Waals surface area contributed by atoms with Crippen molar-refractivity contribution in [3.8, 4) is 11.3 Å². The second-order valence-electron chi connectivity index (χ2n) is 4.13. The largest absolute Gasteiger partial charge is 0.469 e. The smallest absolute Gasteiger partial charge is 0.305 e. The summed E-state index contributed by atoms with van der Waals surface area (Å²) in [5.74, 6) is 0.586. The molecule has 0 amide bonds. The van der Waals surface area contributed by atoms with Crippen LogP contribution in [0.2, 0.25) is 0 Å². The van der Waals surface area contributed by atoms with E-state index in [9.17, 15) is 4.79 Å². The van der Waals surface area contributed by atoms with E-state index in [1.165, 1.54) is 12.7 Å². The second kappa shape index (κ2) is 5.49. The van der Waals surface area contributed by atoms with Crippen LogP contribution in [0.25, 0.3) is 11.3 Å². The Bertz CT molecular complexity index is 546. The quantitative estimate of drug-likeness (QED) is 0.841. The lowest BCUT2D eigenvalue weighted by atomic mass is 10.1. The molecule has 0 radical (unpaired) electrons. The minimum atomic E-state index is -0.219. The minimum Gasteiger partial charge on any atom is -0.469 e. The van der Waals surface area contributed by atoms with E-state index in [4.69, 9.17) is 0 Å². The summed E-state index contributed by atoms with van der Waals surface area (Å²) >= 11 is 0. The molecule has 0 bridgehead atoms. The molecule has 0 unspecified atom stereocenters. The van der Waals surface area contributed by atoms with Gasteiger partial charge in [-0.2, -0.15) is 0 Å². The molecule has 1 aromatic heterocycles.